The molecule has 23 nitrogen and oxygen atoms in total. The summed E-state index contributed by atoms with van der Waals surface area (Å²) in [4.78, 5) is 115. The highest BCUT2D eigenvalue weighted by Gasteiger charge is 2.28. The Labute approximate surface area is 484 Å². The predicted octanol–water partition coefficient (Wildman–Crippen LogP) is 3.26. The number of rotatable bonds is 36. The molecule has 2 rings (SSSR count). The maximum atomic E-state index is 12.7. The number of nitrogens with one attached hydrogen (secondary N) is 2. The monoisotopic (exact) mass is 1200 g/mol. The quantitative estimate of drug-likeness (QED) is 0.0117. The van der Waals surface area contributed by atoms with Gasteiger partial charge in [0, 0.05) is 69.2 Å². The predicted molar refractivity (Wildman–Crippen MR) is 312 cm³/mol. The number of amides is 2. The topological polar surface area (TPSA) is 390 Å². The molecule has 446 valence electrons. The van der Waals surface area contributed by atoms with Gasteiger partial charge in [0.2, 0.25) is 11.8 Å². The number of hydrogen-bond donors (Lipinski definition) is 10. The maximum Gasteiger partial charge on any atom is 0.488 e. The molecule has 2 aromatic carbocycles. The van der Waals surface area contributed by atoms with E-state index in [9.17, 15) is 58.0 Å². The second-order valence-electron chi connectivity index (χ2n) is 19.6. The summed E-state index contributed by atoms with van der Waals surface area (Å²) in [5.74, 6) is -6.66. The van der Waals surface area contributed by atoms with Crippen LogP contribution in [-0.4, -0.2) is 167 Å². The van der Waals surface area contributed by atoms with Crippen molar-refractivity contribution in [2.24, 2.45) is 29.4 Å². The van der Waals surface area contributed by atoms with E-state index in [-0.39, 0.29) is 67.5 Å². The Kier molecular flexibility index (Phi) is 39.1. The van der Waals surface area contributed by atoms with E-state index < -0.39 is 84.9 Å². The molecular formula is C51H77B2N3O20S4. The normalized spacial score (nSPS) is 12.4. The van der Waals surface area contributed by atoms with Gasteiger partial charge in [-0.1, -0.05) is 24.3 Å². The van der Waals surface area contributed by atoms with E-state index in [1.165, 1.54) is 65.2 Å². The van der Waals surface area contributed by atoms with E-state index in [0.29, 0.717) is 83.3 Å². The number of thioether (sulfide) groups is 4. The van der Waals surface area contributed by atoms with Gasteiger partial charge >= 0.3 is 50.1 Å². The lowest BCUT2D eigenvalue weighted by molar-refractivity contribution is -0.161. The first-order valence-corrected chi connectivity index (χ1v) is 29.8. The number of hydrogen-bond acceptors (Lipinski definition) is 22. The van der Waals surface area contributed by atoms with Crippen molar-refractivity contribution in [1.29, 1.82) is 0 Å². The summed E-state index contributed by atoms with van der Waals surface area (Å²) in [6.07, 6.45) is 2.47. The third kappa shape index (κ3) is 40.1. The summed E-state index contributed by atoms with van der Waals surface area (Å²) in [7, 11) is -3.16. The molecule has 0 saturated heterocycles. The van der Waals surface area contributed by atoms with Gasteiger partial charge in [-0.3, -0.25) is 38.4 Å². The van der Waals surface area contributed by atoms with Gasteiger partial charge in [-0.05, 0) is 103 Å². The van der Waals surface area contributed by atoms with Crippen LogP contribution in [0.2, 0.25) is 0 Å². The molecule has 2 amide bonds. The van der Waals surface area contributed by atoms with Gasteiger partial charge in [0.05, 0.1) is 44.1 Å². The van der Waals surface area contributed by atoms with Crippen molar-refractivity contribution >= 4 is 144 Å². The number of carbonyl (C=O) groups excluding carboxylic acids is 7. The molecule has 0 aliphatic carbocycles. The lowest BCUT2D eigenvalue weighted by atomic mass is 9.80. The molecule has 0 radical (unpaired) electrons. The molecule has 80 heavy (non-hydrogen) atoms. The second kappa shape index (κ2) is 41.8. The van der Waals surface area contributed by atoms with E-state index >= 15 is 0 Å². The maximum absolute atomic E-state index is 12.7. The summed E-state index contributed by atoms with van der Waals surface area (Å²) in [6.45, 7) is 10.9. The highest BCUT2D eigenvalue weighted by molar-refractivity contribution is 8.16. The van der Waals surface area contributed by atoms with Crippen LogP contribution in [0, 0.1) is 23.7 Å². The van der Waals surface area contributed by atoms with Crippen molar-refractivity contribution in [3.05, 3.63) is 48.5 Å². The highest BCUT2D eigenvalue weighted by atomic mass is 32.2. The van der Waals surface area contributed by atoms with Gasteiger partial charge in [0.15, 0.2) is 0 Å². The van der Waals surface area contributed by atoms with Gasteiger partial charge in [-0.15, -0.1) is 0 Å². The molecule has 0 spiro atoms. The first-order chi connectivity index (χ1) is 37.5. The second-order valence-corrected chi connectivity index (χ2v) is 24.5. The lowest BCUT2D eigenvalue weighted by Crippen LogP contribution is -2.30. The molecule has 0 fully saturated rings. The zero-order valence-corrected chi connectivity index (χ0v) is 49.2. The minimum Gasteiger partial charge on any atom is -0.481 e. The first-order valence-electron chi connectivity index (χ1n) is 25.2. The number of ether oxygens (including phenoxy) is 3. The van der Waals surface area contributed by atoms with Gasteiger partial charge < -0.3 is 75.6 Å². The van der Waals surface area contributed by atoms with Crippen LogP contribution in [0.1, 0.15) is 99.3 Å². The van der Waals surface area contributed by atoms with E-state index in [0.717, 1.165) is 0 Å². The molecule has 29 heteroatoms. The number of carbonyl (C=O) groups is 10. The molecule has 0 bridgehead atoms. The van der Waals surface area contributed by atoms with Crippen molar-refractivity contribution < 1.29 is 97.6 Å². The minimum atomic E-state index is -1.64. The van der Waals surface area contributed by atoms with Crippen molar-refractivity contribution in [2.75, 3.05) is 57.0 Å². The molecule has 4 unspecified atom stereocenters. The van der Waals surface area contributed by atoms with E-state index in [4.69, 9.17) is 45.3 Å². The molecule has 11 N–H and O–H groups in total. The number of anilines is 2. The number of aliphatic carboxylic acids is 3. The summed E-state index contributed by atoms with van der Waals surface area (Å²) < 4.78 is 15.8. The van der Waals surface area contributed by atoms with Crippen LogP contribution in [0.3, 0.4) is 0 Å². The van der Waals surface area contributed by atoms with Crippen LogP contribution in [0.4, 0.5) is 11.4 Å². The number of nitrogens with two attached hydrogens (primary N) is 1. The smallest absolute Gasteiger partial charge is 0.481 e. The molecule has 0 aliphatic heterocycles. The summed E-state index contributed by atoms with van der Waals surface area (Å²) >= 11 is 5.46. The Bertz CT molecular complexity index is 2250. The third-order valence-electron chi connectivity index (χ3n) is 9.83. The van der Waals surface area contributed by atoms with Gasteiger partial charge in [-0.25, -0.2) is 0 Å². The van der Waals surface area contributed by atoms with Crippen LogP contribution in [0.5, 0.6) is 0 Å². The lowest BCUT2D eigenvalue weighted by Gasteiger charge is -2.21. The van der Waals surface area contributed by atoms with Crippen molar-refractivity contribution in [3.8, 4) is 0 Å². The number of benzene rings is 2. The van der Waals surface area contributed by atoms with Crippen LogP contribution in [-0.2, 0) is 62.2 Å². The SMILES string of the molecule is CC(C)(C)OC(=O)CC(CSCSCC(C=O)CC(=O)O)C(=O)O.CC(C)(C)OC(=O)CC(CSCSCC(C=O)CC(=O)O)C(=O)OCCCCC(=O)Nc1cccc(B(O)O)c1.NCCCC(=O)Nc1cccc(B(O)O)c1. The van der Waals surface area contributed by atoms with Crippen LogP contribution in [0.25, 0.3) is 0 Å². The fourth-order valence-corrected chi connectivity index (χ4v) is 10.7. The molecule has 2 aromatic rings. The van der Waals surface area contributed by atoms with E-state index in [1.54, 1.807) is 71.9 Å². The molecular weight excluding hydrogens is 1120 g/mol. The number of carboxylic acid groups (broad SMARTS) is 3. The van der Waals surface area contributed by atoms with Gasteiger partial charge in [0.25, 0.3) is 0 Å². The van der Waals surface area contributed by atoms with Crippen molar-refractivity contribution in [1.82, 2.24) is 0 Å². The standard InChI is InChI=1S/C26H38BNO10S2.C15H24O7S2.C10H15BN2O3/c1-26(2,3)38-24(33)12-19(16-40-17-39-15-18(14-29)11-23(31)32)25(34)37-10-5-4-9-22(30)28-21-8-6-7-20(13-21)27(35)36;1-15(2,3)22-13(19)5-11(14(20)21)8-24-9-23-7-10(6-16)4-12(17)18;12-6-2-5-10(14)13-9-4-1-3-8(7-9)11(15)16/h6-8,13-14,18-19,35-36H,4-5,9-12,15-17H2,1-3H3,(H,28,30)(H,31,32);6,10-11H,4-5,7-9H2,1-3H3,(H,17,18)(H,20,21);1,3-4,7,15-16H,2,5-6,12H2,(H,13,14). The number of carboxylic acids is 3. The van der Waals surface area contributed by atoms with Crippen molar-refractivity contribution in [2.45, 2.75) is 111 Å². The average Bonchev–Trinajstić information content (AvgIpc) is 3.35. The molecule has 0 heterocycles. The first kappa shape index (κ1) is 74.9. The van der Waals surface area contributed by atoms with Gasteiger partial charge in [-0.2, -0.15) is 47.0 Å². The van der Waals surface area contributed by atoms with E-state index in [1.807, 2.05) is 0 Å². The highest BCUT2D eigenvalue weighted by Crippen LogP contribution is 2.24. The molecule has 0 aromatic heterocycles. The zero-order valence-electron chi connectivity index (χ0n) is 45.9. The fraction of sp³-hybridized carbons (Fsp3) is 0.569. The fourth-order valence-electron chi connectivity index (χ4n) is 6.18. The number of aldehydes is 2. The van der Waals surface area contributed by atoms with Crippen molar-refractivity contribution in [3.63, 3.8) is 0 Å². The Balaban J connectivity index is 0.00000131. The third-order valence-corrected chi connectivity index (χ3v) is 15.1. The van der Waals surface area contributed by atoms with Crippen LogP contribution >= 0.6 is 47.0 Å². The largest absolute Gasteiger partial charge is 0.488 e. The average molecular weight is 1200 g/mol. The summed E-state index contributed by atoms with van der Waals surface area (Å²) in [5, 5.41) is 69.3. The van der Waals surface area contributed by atoms with Gasteiger partial charge in [0.1, 0.15) is 23.8 Å². The molecule has 4 atom stereocenters. The Morgan fingerprint density at radius 1 is 0.588 bits per heavy atom. The summed E-state index contributed by atoms with van der Waals surface area (Å²) in [6, 6.07) is 12.6. The Morgan fingerprint density at radius 2 is 0.988 bits per heavy atom. The minimum absolute atomic E-state index is 0.0682. The Morgan fingerprint density at radius 3 is 1.36 bits per heavy atom. The number of unbranched alkanes of at least 4 members (excludes halogenated alkanes) is 1. The zero-order chi connectivity index (χ0) is 60.8. The van der Waals surface area contributed by atoms with Crippen LogP contribution < -0.4 is 27.3 Å². The van der Waals surface area contributed by atoms with Crippen LogP contribution in [0.15, 0.2) is 48.5 Å². The number of esters is 3. The molecule has 0 aliphatic rings. The summed E-state index contributed by atoms with van der Waals surface area (Å²) in [5.41, 5.74) is 5.51. The Hall–Kier alpha value is -5.13. The van der Waals surface area contributed by atoms with E-state index in [2.05, 4.69) is 10.6 Å². The molecule has 0 saturated carbocycles.